The summed E-state index contributed by atoms with van der Waals surface area (Å²) in [7, 11) is 0. The molecule has 1 aromatic carbocycles. The van der Waals surface area contributed by atoms with Crippen LogP contribution in [0.5, 0.6) is 5.75 Å². The van der Waals surface area contributed by atoms with E-state index in [-0.39, 0.29) is 24.6 Å². The summed E-state index contributed by atoms with van der Waals surface area (Å²) in [5, 5.41) is 6.28. The summed E-state index contributed by atoms with van der Waals surface area (Å²) < 4.78 is 12.2. The Balaban J connectivity index is 2.26. The molecular formula is C19H25BrN2O4S. The smallest absolute Gasteiger partial charge is 0.339 e. The number of thiophene rings is 1. The number of carbonyl (C=O) groups excluding carboxylic acids is 2. The molecule has 0 spiro atoms. The average Bonchev–Trinajstić information content (AvgIpc) is 3.08. The second-order valence-corrected chi connectivity index (χ2v) is 7.55. The summed E-state index contributed by atoms with van der Waals surface area (Å²) in [6.45, 7) is 7.46. The molecule has 2 rings (SSSR count). The maximum atomic E-state index is 12.3. The summed E-state index contributed by atoms with van der Waals surface area (Å²) in [6, 6.07) is 5.68. The van der Waals surface area contributed by atoms with E-state index >= 15 is 0 Å². The molecule has 2 aromatic rings. The number of alkyl halides is 1. The molecule has 0 saturated heterocycles. The van der Waals surface area contributed by atoms with Crippen LogP contribution in [0.4, 0.5) is 0 Å². The number of amides is 1. The average molecular weight is 457 g/mol. The molecule has 0 saturated carbocycles. The Bertz CT molecular complexity index is 780. The minimum atomic E-state index is -0.354. The minimum absolute atomic E-state index is 0.113. The van der Waals surface area contributed by atoms with Gasteiger partial charge in [0.2, 0.25) is 5.91 Å². The molecule has 1 heterocycles. The highest BCUT2D eigenvalue weighted by Gasteiger charge is 2.21. The number of esters is 1. The molecule has 148 valence electrons. The van der Waals surface area contributed by atoms with Crippen molar-refractivity contribution in [2.75, 3.05) is 31.6 Å². The van der Waals surface area contributed by atoms with Crippen molar-refractivity contribution in [2.45, 2.75) is 26.9 Å². The predicted octanol–water partition coefficient (Wildman–Crippen LogP) is 3.64. The SMILES string of the molecule is CCOC(=O)c1csc2cccc(OCC(NC(C)=O)N(CC)CCBr)c12. The fraction of sp³-hybridized carbons (Fsp3) is 0.474. The van der Waals surface area contributed by atoms with Gasteiger partial charge in [0.25, 0.3) is 0 Å². The first-order chi connectivity index (χ1) is 13.0. The number of hydrogen-bond donors (Lipinski definition) is 1. The van der Waals surface area contributed by atoms with Crippen LogP contribution >= 0.6 is 27.3 Å². The number of ether oxygens (including phenoxy) is 2. The number of fused-ring (bicyclic) bond motifs is 1. The maximum Gasteiger partial charge on any atom is 0.339 e. The van der Waals surface area contributed by atoms with E-state index in [1.54, 1.807) is 12.3 Å². The number of nitrogens with zero attached hydrogens (tertiary/aromatic N) is 1. The number of nitrogens with one attached hydrogen (secondary N) is 1. The van der Waals surface area contributed by atoms with Crippen LogP contribution in [0.1, 0.15) is 31.1 Å². The van der Waals surface area contributed by atoms with Gasteiger partial charge in [-0.05, 0) is 25.6 Å². The Labute approximate surface area is 171 Å². The van der Waals surface area contributed by atoms with E-state index in [0.717, 1.165) is 28.5 Å². The summed E-state index contributed by atoms with van der Waals surface area (Å²) in [5.74, 6) is 0.146. The highest BCUT2D eigenvalue weighted by atomic mass is 79.9. The number of rotatable bonds is 10. The third kappa shape index (κ3) is 5.67. The molecule has 0 aliphatic carbocycles. The van der Waals surface area contributed by atoms with Crippen molar-refractivity contribution >= 4 is 49.2 Å². The molecule has 1 amide bonds. The standard InChI is InChI=1S/C19H25BrN2O4S/c1-4-22(10-9-20)17(21-13(3)23)11-26-15-7-6-8-16-18(15)14(12-27-16)19(24)25-5-2/h6-8,12,17H,4-5,9-11H2,1-3H3,(H,21,23). The van der Waals surface area contributed by atoms with E-state index in [1.807, 2.05) is 25.1 Å². The molecule has 6 nitrogen and oxygen atoms in total. The minimum Gasteiger partial charge on any atom is -0.489 e. The van der Waals surface area contributed by atoms with Gasteiger partial charge in [-0.2, -0.15) is 0 Å². The van der Waals surface area contributed by atoms with Gasteiger partial charge >= 0.3 is 5.97 Å². The number of benzene rings is 1. The van der Waals surface area contributed by atoms with Gasteiger partial charge in [-0.1, -0.05) is 28.9 Å². The van der Waals surface area contributed by atoms with Crippen LogP contribution in [-0.4, -0.2) is 54.6 Å². The molecule has 1 unspecified atom stereocenters. The molecule has 0 fully saturated rings. The Morgan fingerprint density at radius 1 is 1.33 bits per heavy atom. The lowest BCUT2D eigenvalue weighted by molar-refractivity contribution is -0.121. The number of hydrogen-bond acceptors (Lipinski definition) is 6. The lowest BCUT2D eigenvalue weighted by Gasteiger charge is -2.30. The largest absolute Gasteiger partial charge is 0.489 e. The van der Waals surface area contributed by atoms with Gasteiger partial charge in [-0.25, -0.2) is 4.79 Å². The fourth-order valence-corrected chi connectivity index (χ4v) is 4.22. The molecule has 27 heavy (non-hydrogen) atoms. The van der Waals surface area contributed by atoms with Gasteiger partial charge in [0, 0.05) is 34.3 Å². The topological polar surface area (TPSA) is 67.9 Å². The quantitative estimate of drug-likeness (QED) is 0.335. The van der Waals surface area contributed by atoms with E-state index in [0.29, 0.717) is 17.9 Å². The van der Waals surface area contributed by atoms with Gasteiger partial charge < -0.3 is 14.8 Å². The first kappa shape index (κ1) is 21.7. The van der Waals surface area contributed by atoms with Gasteiger partial charge in [-0.15, -0.1) is 11.3 Å². The van der Waals surface area contributed by atoms with Crippen molar-refractivity contribution in [3.8, 4) is 5.75 Å². The maximum absolute atomic E-state index is 12.3. The van der Waals surface area contributed by atoms with Gasteiger partial charge in [-0.3, -0.25) is 9.69 Å². The van der Waals surface area contributed by atoms with Crippen LogP contribution in [0.15, 0.2) is 23.6 Å². The zero-order valence-corrected chi connectivity index (χ0v) is 18.2. The number of carbonyl (C=O) groups is 2. The van der Waals surface area contributed by atoms with Crippen molar-refractivity contribution in [3.05, 3.63) is 29.1 Å². The zero-order valence-electron chi connectivity index (χ0n) is 15.8. The molecular weight excluding hydrogens is 432 g/mol. The van der Waals surface area contributed by atoms with Crippen molar-refractivity contribution in [1.82, 2.24) is 10.2 Å². The van der Waals surface area contributed by atoms with Crippen LogP contribution in [0, 0.1) is 0 Å². The van der Waals surface area contributed by atoms with Gasteiger partial charge in [0.05, 0.1) is 12.2 Å². The molecule has 0 aliphatic rings. The van der Waals surface area contributed by atoms with Gasteiger partial charge in [0.15, 0.2) is 0 Å². The van der Waals surface area contributed by atoms with E-state index in [1.165, 1.54) is 18.3 Å². The number of likely N-dealkylation sites (N-methyl/N-ethyl adjacent to an activating group) is 1. The number of halogens is 1. The molecule has 1 aromatic heterocycles. The third-order valence-electron chi connectivity index (χ3n) is 4.04. The molecule has 0 radical (unpaired) electrons. The summed E-state index contributed by atoms with van der Waals surface area (Å²) >= 11 is 4.92. The first-order valence-corrected chi connectivity index (χ1v) is 10.9. The monoisotopic (exact) mass is 456 g/mol. The van der Waals surface area contributed by atoms with E-state index in [9.17, 15) is 9.59 Å². The van der Waals surface area contributed by atoms with Gasteiger partial charge in [0.1, 0.15) is 18.5 Å². The van der Waals surface area contributed by atoms with Crippen LogP contribution < -0.4 is 10.1 Å². The van der Waals surface area contributed by atoms with Crippen LogP contribution in [0.25, 0.3) is 10.1 Å². The summed E-state index contributed by atoms with van der Waals surface area (Å²) in [6.07, 6.45) is -0.259. The molecule has 0 aliphatic heterocycles. The Hall–Kier alpha value is -1.64. The highest BCUT2D eigenvalue weighted by molar-refractivity contribution is 9.09. The van der Waals surface area contributed by atoms with Crippen molar-refractivity contribution in [2.24, 2.45) is 0 Å². The molecule has 0 bridgehead atoms. The Morgan fingerprint density at radius 3 is 2.74 bits per heavy atom. The van der Waals surface area contributed by atoms with Crippen LogP contribution in [0.3, 0.4) is 0 Å². The van der Waals surface area contributed by atoms with E-state index in [4.69, 9.17) is 9.47 Å². The summed E-state index contributed by atoms with van der Waals surface area (Å²) in [5.41, 5.74) is 0.510. The Morgan fingerprint density at radius 2 is 2.11 bits per heavy atom. The lowest BCUT2D eigenvalue weighted by Crippen LogP contribution is -2.51. The molecule has 1 N–H and O–H groups in total. The van der Waals surface area contributed by atoms with Crippen LogP contribution in [-0.2, 0) is 9.53 Å². The third-order valence-corrected chi connectivity index (χ3v) is 5.34. The Kier molecular flexibility index (Phi) is 8.53. The molecule has 8 heteroatoms. The van der Waals surface area contributed by atoms with Crippen molar-refractivity contribution in [3.63, 3.8) is 0 Å². The van der Waals surface area contributed by atoms with Crippen LogP contribution in [0.2, 0.25) is 0 Å². The van der Waals surface area contributed by atoms with E-state index < -0.39 is 0 Å². The lowest BCUT2D eigenvalue weighted by atomic mass is 10.1. The zero-order chi connectivity index (χ0) is 19.8. The summed E-state index contributed by atoms with van der Waals surface area (Å²) in [4.78, 5) is 26.0. The van der Waals surface area contributed by atoms with E-state index in [2.05, 4.69) is 26.1 Å². The second-order valence-electron chi connectivity index (χ2n) is 5.84. The highest BCUT2D eigenvalue weighted by Crippen LogP contribution is 2.34. The molecule has 1 atom stereocenters. The first-order valence-electron chi connectivity index (χ1n) is 8.89. The predicted molar refractivity (Wildman–Crippen MR) is 112 cm³/mol. The normalized spacial score (nSPS) is 12.2. The van der Waals surface area contributed by atoms with Crippen molar-refractivity contribution in [1.29, 1.82) is 0 Å². The second kappa shape index (κ2) is 10.6. The fourth-order valence-electron chi connectivity index (χ4n) is 2.82. The van der Waals surface area contributed by atoms with Crippen molar-refractivity contribution < 1.29 is 19.1 Å².